The van der Waals surface area contributed by atoms with Gasteiger partial charge in [0.25, 0.3) is 0 Å². The maximum Gasteiger partial charge on any atom is 0.339 e. The Bertz CT molecular complexity index is 1400. The summed E-state index contributed by atoms with van der Waals surface area (Å²) in [6, 6.07) is 13.9. The van der Waals surface area contributed by atoms with Gasteiger partial charge >= 0.3 is 17.9 Å². The number of fused-ring (bicyclic) bond motifs is 1. The molecule has 1 atom stereocenters. The summed E-state index contributed by atoms with van der Waals surface area (Å²) in [5, 5.41) is 9.27. The second-order valence-corrected chi connectivity index (χ2v) is 10.4. The predicted octanol–water partition coefficient (Wildman–Crippen LogP) is 5.20. The third kappa shape index (κ3) is 7.15. The van der Waals surface area contributed by atoms with E-state index in [1.165, 1.54) is 48.3 Å². The van der Waals surface area contributed by atoms with E-state index in [-0.39, 0.29) is 34.8 Å². The average molecular weight is 554 g/mol. The molecule has 0 bridgehead atoms. The van der Waals surface area contributed by atoms with E-state index in [0.717, 1.165) is 24.8 Å². The molecule has 1 unspecified atom stereocenters. The highest BCUT2D eigenvalue weighted by atomic mass is 32.1. The van der Waals surface area contributed by atoms with Crippen molar-refractivity contribution in [1.82, 2.24) is 4.90 Å². The number of carboxylic acids is 1. The summed E-state index contributed by atoms with van der Waals surface area (Å²) in [5.41, 5.74) is 1.50. The van der Waals surface area contributed by atoms with Crippen LogP contribution in [0.1, 0.15) is 59.1 Å². The normalized spacial score (nSPS) is 15.3. The van der Waals surface area contributed by atoms with Gasteiger partial charge < -0.3 is 14.6 Å². The number of hydrogen-bond donors (Lipinski definition) is 1. The molecule has 0 amide bonds. The van der Waals surface area contributed by atoms with Crippen LogP contribution in [0.25, 0.3) is 0 Å². The van der Waals surface area contributed by atoms with Crippen LogP contribution in [0.2, 0.25) is 0 Å². The molecule has 1 aliphatic heterocycles. The van der Waals surface area contributed by atoms with E-state index < -0.39 is 18.0 Å². The van der Waals surface area contributed by atoms with Gasteiger partial charge in [-0.2, -0.15) is 0 Å². The quantitative estimate of drug-likeness (QED) is 0.314. The van der Waals surface area contributed by atoms with Gasteiger partial charge in [0.2, 0.25) is 0 Å². The zero-order valence-corrected chi connectivity index (χ0v) is 22.3. The SMILES string of the molecule is CC(=O)Oc1cc2c(s1)CCN(C(C(=O)C1CC1)c1ccccc1F)C2.CC(=O)Oc1ccccc1C(=O)O. The molecule has 1 N–H and O–H groups in total. The van der Waals surface area contributed by atoms with Crippen molar-refractivity contribution in [3.8, 4) is 10.8 Å². The summed E-state index contributed by atoms with van der Waals surface area (Å²) in [4.78, 5) is 48.5. The standard InChI is InChI=1S/C20H20FNO3S.C9H8O4/c1-12(23)25-18-10-14-11-22(9-8-17(14)26-18)19(20(24)13-6-7-13)15-4-2-3-5-16(15)21;1-6(10)13-8-5-3-2-4-7(8)9(11)12/h2-5,10,13,19H,6-9,11H2,1H3;2-5H,1H3,(H,11,12). The third-order valence-electron chi connectivity index (χ3n) is 6.30. The molecule has 0 saturated heterocycles. The molecular formula is C29H28FNO7S. The van der Waals surface area contributed by atoms with E-state index >= 15 is 0 Å². The zero-order chi connectivity index (χ0) is 28.1. The van der Waals surface area contributed by atoms with Crippen LogP contribution >= 0.6 is 11.3 Å². The lowest BCUT2D eigenvalue weighted by molar-refractivity contribution is -0.132. The molecule has 204 valence electrons. The third-order valence-corrected chi connectivity index (χ3v) is 7.42. The molecule has 2 aromatic carbocycles. The van der Waals surface area contributed by atoms with Crippen LogP contribution in [0.3, 0.4) is 0 Å². The Morgan fingerprint density at radius 3 is 2.31 bits per heavy atom. The number of ketones is 1. The first-order valence-electron chi connectivity index (χ1n) is 12.5. The molecule has 0 radical (unpaired) electrons. The lowest BCUT2D eigenvalue weighted by Crippen LogP contribution is -2.38. The second-order valence-electron chi connectivity index (χ2n) is 9.32. The van der Waals surface area contributed by atoms with Crippen LogP contribution in [0.15, 0.2) is 54.6 Å². The summed E-state index contributed by atoms with van der Waals surface area (Å²) in [6.07, 6.45) is 2.57. The van der Waals surface area contributed by atoms with E-state index in [1.807, 2.05) is 6.07 Å². The molecule has 1 fully saturated rings. The Hall–Kier alpha value is -3.89. The van der Waals surface area contributed by atoms with Crippen LogP contribution in [0, 0.1) is 11.7 Å². The minimum absolute atomic E-state index is 0.0160. The van der Waals surface area contributed by atoms with Gasteiger partial charge in [-0.15, -0.1) is 11.3 Å². The summed E-state index contributed by atoms with van der Waals surface area (Å²) < 4.78 is 24.3. The van der Waals surface area contributed by atoms with Crippen LogP contribution < -0.4 is 9.47 Å². The first-order chi connectivity index (χ1) is 18.6. The molecule has 0 spiro atoms. The number of nitrogens with zero attached hydrogens (tertiary/aromatic N) is 1. The van der Waals surface area contributed by atoms with Gasteiger partial charge in [-0.25, -0.2) is 9.18 Å². The summed E-state index contributed by atoms with van der Waals surface area (Å²) >= 11 is 1.47. The Labute approximate surface area is 229 Å². The number of carboxylic acid groups (broad SMARTS) is 1. The predicted molar refractivity (Wildman–Crippen MR) is 141 cm³/mol. The first-order valence-corrected chi connectivity index (χ1v) is 13.3. The van der Waals surface area contributed by atoms with Gasteiger partial charge in [0.15, 0.2) is 10.8 Å². The highest BCUT2D eigenvalue weighted by molar-refractivity contribution is 7.14. The van der Waals surface area contributed by atoms with Crippen molar-refractivity contribution < 1.29 is 38.1 Å². The number of hydrogen-bond acceptors (Lipinski definition) is 8. The van der Waals surface area contributed by atoms with Crippen molar-refractivity contribution in [1.29, 1.82) is 0 Å². The highest BCUT2D eigenvalue weighted by Crippen LogP contribution is 2.41. The minimum atomic E-state index is -1.11. The lowest BCUT2D eigenvalue weighted by Gasteiger charge is -2.34. The number of halogens is 1. The number of Topliss-reactive ketones (excluding diaryl/α,β-unsaturated/α-hetero) is 1. The van der Waals surface area contributed by atoms with Crippen LogP contribution in [-0.2, 0) is 27.3 Å². The second kappa shape index (κ2) is 12.3. The fraction of sp³-hybridized carbons (Fsp3) is 0.310. The molecule has 2 heterocycles. The van der Waals surface area contributed by atoms with Gasteiger partial charge in [0.1, 0.15) is 17.1 Å². The molecule has 5 rings (SSSR count). The maximum absolute atomic E-state index is 14.4. The number of esters is 2. The number of carbonyl (C=O) groups is 4. The molecule has 2 aliphatic rings. The van der Waals surface area contributed by atoms with E-state index in [0.29, 0.717) is 23.7 Å². The van der Waals surface area contributed by atoms with Gasteiger partial charge in [-0.1, -0.05) is 30.3 Å². The average Bonchev–Trinajstić information content (AvgIpc) is 3.65. The van der Waals surface area contributed by atoms with Crippen molar-refractivity contribution in [3.05, 3.63) is 82.0 Å². The number of benzene rings is 2. The molecule has 3 aromatic rings. The molecule has 8 nitrogen and oxygen atoms in total. The van der Waals surface area contributed by atoms with E-state index in [9.17, 15) is 23.6 Å². The smallest absolute Gasteiger partial charge is 0.339 e. The maximum atomic E-state index is 14.4. The first kappa shape index (κ1) is 28.1. The number of aromatic carboxylic acids is 1. The van der Waals surface area contributed by atoms with Gasteiger partial charge in [0, 0.05) is 43.3 Å². The fourth-order valence-electron chi connectivity index (χ4n) is 4.44. The van der Waals surface area contributed by atoms with Crippen molar-refractivity contribution in [2.45, 2.75) is 45.7 Å². The number of ether oxygens (including phenoxy) is 2. The van der Waals surface area contributed by atoms with Crippen LogP contribution in [-0.4, -0.2) is 40.2 Å². The van der Waals surface area contributed by atoms with E-state index in [2.05, 4.69) is 9.64 Å². The van der Waals surface area contributed by atoms with E-state index in [4.69, 9.17) is 9.84 Å². The largest absolute Gasteiger partial charge is 0.478 e. The van der Waals surface area contributed by atoms with Crippen LogP contribution in [0.5, 0.6) is 10.8 Å². The summed E-state index contributed by atoms with van der Waals surface area (Å²) in [5.74, 6) is -2.07. The number of rotatable bonds is 7. The zero-order valence-electron chi connectivity index (χ0n) is 21.5. The number of para-hydroxylation sites is 1. The Kier molecular flexibility index (Phi) is 8.88. The molecule has 39 heavy (non-hydrogen) atoms. The van der Waals surface area contributed by atoms with Crippen molar-refractivity contribution in [3.63, 3.8) is 0 Å². The minimum Gasteiger partial charge on any atom is -0.478 e. The highest BCUT2D eigenvalue weighted by Gasteiger charge is 2.40. The lowest BCUT2D eigenvalue weighted by atomic mass is 9.95. The van der Waals surface area contributed by atoms with Gasteiger partial charge in [-0.3, -0.25) is 19.3 Å². The number of thiophene rings is 1. The summed E-state index contributed by atoms with van der Waals surface area (Å²) in [7, 11) is 0. The molecule has 1 aliphatic carbocycles. The van der Waals surface area contributed by atoms with Gasteiger partial charge in [0.05, 0.1) is 6.04 Å². The Balaban J connectivity index is 0.000000229. The molecule has 10 heteroatoms. The van der Waals surface area contributed by atoms with Crippen LogP contribution in [0.4, 0.5) is 4.39 Å². The van der Waals surface area contributed by atoms with Gasteiger partial charge in [-0.05, 0) is 49.1 Å². The number of carbonyl (C=O) groups excluding carboxylic acids is 3. The Morgan fingerprint density at radius 1 is 1.00 bits per heavy atom. The van der Waals surface area contributed by atoms with Crippen molar-refractivity contribution >= 4 is 35.0 Å². The van der Waals surface area contributed by atoms with E-state index in [1.54, 1.807) is 30.3 Å². The molecule has 1 aromatic heterocycles. The molecular weight excluding hydrogens is 525 g/mol. The topological polar surface area (TPSA) is 110 Å². The van der Waals surface area contributed by atoms with Crippen molar-refractivity contribution in [2.24, 2.45) is 5.92 Å². The summed E-state index contributed by atoms with van der Waals surface area (Å²) in [6.45, 7) is 3.85. The molecule has 1 saturated carbocycles. The monoisotopic (exact) mass is 553 g/mol. The fourth-order valence-corrected chi connectivity index (χ4v) is 5.50. The van der Waals surface area contributed by atoms with Crippen molar-refractivity contribution in [2.75, 3.05) is 6.54 Å². The Morgan fingerprint density at radius 2 is 1.67 bits per heavy atom.